The first-order valence-corrected chi connectivity index (χ1v) is 9.14. The van der Waals surface area contributed by atoms with Crippen LogP contribution in [0, 0.1) is 0 Å². The molecule has 0 atom stereocenters. The molecular weight excluding hydrogens is 360 g/mol. The highest BCUT2D eigenvalue weighted by Gasteiger charge is 2.43. The Bertz CT molecular complexity index is 587. The van der Waals surface area contributed by atoms with Crippen molar-refractivity contribution in [1.82, 2.24) is 0 Å². The Morgan fingerprint density at radius 1 is 1.22 bits per heavy atom. The molecule has 4 nitrogen and oxygen atoms in total. The molecule has 1 aromatic carbocycles. The smallest absolute Gasteiger partial charge is 0.314 e. The molecule has 126 valence electrons. The average molecular weight is 383 g/mol. The van der Waals surface area contributed by atoms with Crippen LogP contribution >= 0.6 is 15.9 Å². The van der Waals surface area contributed by atoms with E-state index in [1.165, 1.54) is 12.8 Å². The van der Waals surface area contributed by atoms with E-state index < -0.39 is 11.4 Å². The van der Waals surface area contributed by atoms with Gasteiger partial charge in [0.1, 0.15) is 0 Å². The maximum absolute atomic E-state index is 12.0. The minimum absolute atomic E-state index is 0.204. The lowest BCUT2D eigenvalue weighted by Crippen LogP contribution is -2.32. The molecule has 0 saturated heterocycles. The molecule has 0 unspecified atom stereocenters. The molecule has 0 aromatic heterocycles. The Labute approximate surface area is 145 Å². The molecule has 0 spiro atoms. The largest absolute Gasteiger partial charge is 0.492 e. The van der Waals surface area contributed by atoms with Crippen LogP contribution in [0.25, 0.3) is 0 Å². The monoisotopic (exact) mass is 382 g/mol. The van der Waals surface area contributed by atoms with Crippen LogP contribution in [0.3, 0.4) is 0 Å². The summed E-state index contributed by atoms with van der Waals surface area (Å²) in [5.74, 6) is 0.578. The molecule has 0 aliphatic heterocycles. The van der Waals surface area contributed by atoms with Gasteiger partial charge >= 0.3 is 5.97 Å². The maximum atomic E-state index is 12.0. The van der Waals surface area contributed by atoms with Gasteiger partial charge in [0.2, 0.25) is 0 Å². The lowest BCUT2D eigenvalue weighted by Gasteiger charge is -2.26. The van der Waals surface area contributed by atoms with Crippen LogP contribution in [0.2, 0.25) is 0 Å². The van der Waals surface area contributed by atoms with Gasteiger partial charge in [0.15, 0.2) is 11.5 Å². The average Bonchev–Trinajstić information content (AvgIpc) is 3.18. The summed E-state index contributed by atoms with van der Waals surface area (Å²) >= 11 is 3.53. The van der Waals surface area contributed by atoms with E-state index in [1.807, 2.05) is 12.1 Å². The molecule has 2 fully saturated rings. The maximum Gasteiger partial charge on any atom is 0.314 e. The summed E-state index contributed by atoms with van der Waals surface area (Å²) < 4.78 is 12.4. The van der Waals surface area contributed by atoms with Gasteiger partial charge in [-0.05, 0) is 72.2 Å². The molecule has 5 heteroatoms. The third-order valence-electron chi connectivity index (χ3n) is 5.23. The number of rotatable bonds is 5. The van der Waals surface area contributed by atoms with Crippen LogP contribution in [-0.4, -0.2) is 24.3 Å². The minimum atomic E-state index is -0.789. The molecule has 0 radical (unpaired) electrons. The van der Waals surface area contributed by atoms with Crippen molar-refractivity contribution in [3.8, 4) is 11.5 Å². The van der Waals surface area contributed by atoms with Crippen molar-refractivity contribution in [2.75, 3.05) is 7.11 Å². The van der Waals surface area contributed by atoms with Crippen molar-refractivity contribution in [2.24, 2.45) is 0 Å². The highest BCUT2D eigenvalue weighted by Crippen LogP contribution is 2.47. The number of halogens is 1. The number of benzene rings is 1. The molecule has 0 heterocycles. The van der Waals surface area contributed by atoms with Crippen LogP contribution in [0.15, 0.2) is 16.6 Å². The highest BCUT2D eigenvalue weighted by molar-refractivity contribution is 9.10. The van der Waals surface area contributed by atoms with Crippen LogP contribution in [0.4, 0.5) is 0 Å². The summed E-state index contributed by atoms with van der Waals surface area (Å²) in [6.45, 7) is 0. The van der Waals surface area contributed by atoms with E-state index in [1.54, 1.807) is 7.11 Å². The third-order valence-corrected chi connectivity index (χ3v) is 5.82. The molecule has 3 rings (SSSR count). The molecule has 2 saturated carbocycles. The number of carboxylic acids is 1. The van der Waals surface area contributed by atoms with E-state index >= 15 is 0 Å². The first kappa shape index (κ1) is 16.6. The van der Waals surface area contributed by atoms with Gasteiger partial charge < -0.3 is 14.6 Å². The zero-order chi connectivity index (χ0) is 16.4. The van der Waals surface area contributed by atoms with Gasteiger partial charge in [-0.2, -0.15) is 0 Å². The number of hydrogen-bond donors (Lipinski definition) is 1. The van der Waals surface area contributed by atoms with E-state index in [2.05, 4.69) is 15.9 Å². The molecule has 2 aliphatic rings. The van der Waals surface area contributed by atoms with E-state index in [9.17, 15) is 9.90 Å². The predicted octanol–water partition coefficient (Wildman–Crippen LogP) is 4.68. The second-order valence-corrected chi connectivity index (χ2v) is 7.46. The predicted molar refractivity (Wildman–Crippen MR) is 91.4 cm³/mol. The van der Waals surface area contributed by atoms with Crippen LogP contribution in [0.1, 0.15) is 56.9 Å². The number of ether oxygens (including phenoxy) is 2. The standard InChI is InChI=1S/C18H23BrO4/c1-22-16-14(19)10-12(18(17(20)21)8-4-5-9-18)11-15(16)23-13-6-2-3-7-13/h10-11,13H,2-9H2,1H3,(H,20,21). The molecular formula is C18H23BrO4. The van der Waals surface area contributed by atoms with Crippen molar-refractivity contribution in [1.29, 1.82) is 0 Å². The third kappa shape index (κ3) is 3.08. The normalized spacial score (nSPS) is 20.6. The van der Waals surface area contributed by atoms with Crippen LogP contribution in [-0.2, 0) is 10.2 Å². The zero-order valence-electron chi connectivity index (χ0n) is 13.4. The fourth-order valence-electron chi connectivity index (χ4n) is 3.92. The minimum Gasteiger partial charge on any atom is -0.492 e. The van der Waals surface area contributed by atoms with E-state index in [-0.39, 0.29) is 6.10 Å². The van der Waals surface area contributed by atoms with Crippen molar-refractivity contribution in [3.05, 3.63) is 22.2 Å². The van der Waals surface area contributed by atoms with Crippen LogP contribution < -0.4 is 9.47 Å². The zero-order valence-corrected chi connectivity index (χ0v) is 15.0. The topological polar surface area (TPSA) is 55.8 Å². The SMILES string of the molecule is COc1c(Br)cc(C2(C(=O)O)CCCC2)cc1OC1CCCC1. The van der Waals surface area contributed by atoms with E-state index in [4.69, 9.17) is 9.47 Å². The summed E-state index contributed by atoms with van der Waals surface area (Å²) in [5.41, 5.74) is 0.0333. The summed E-state index contributed by atoms with van der Waals surface area (Å²) in [4.78, 5) is 12.0. The van der Waals surface area contributed by atoms with Gasteiger partial charge in [0.05, 0.1) is 23.1 Å². The number of hydrogen-bond acceptors (Lipinski definition) is 3. The van der Waals surface area contributed by atoms with Gasteiger partial charge in [0.25, 0.3) is 0 Å². The molecule has 1 N–H and O–H groups in total. The molecule has 0 amide bonds. The van der Waals surface area contributed by atoms with Crippen molar-refractivity contribution < 1.29 is 19.4 Å². The second kappa shape index (κ2) is 6.71. The lowest BCUT2D eigenvalue weighted by atomic mass is 9.79. The van der Waals surface area contributed by atoms with Gasteiger partial charge in [-0.15, -0.1) is 0 Å². The van der Waals surface area contributed by atoms with Crippen molar-refractivity contribution in [3.63, 3.8) is 0 Å². The molecule has 0 bridgehead atoms. The van der Waals surface area contributed by atoms with E-state index in [0.717, 1.165) is 35.7 Å². The van der Waals surface area contributed by atoms with Gasteiger partial charge in [-0.1, -0.05) is 12.8 Å². The second-order valence-electron chi connectivity index (χ2n) is 6.61. The summed E-state index contributed by atoms with van der Waals surface area (Å²) in [6, 6.07) is 3.78. The number of carbonyl (C=O) groups is 1. The Balaban J connectivity index is 2.01. The Kier molecular flexibility index (Phi) is 4.85. The first-order valence-electron chi connectivity index (χ1n) is 8.35. The highest BCUT2D eigenvalue weighted by atomic mass is 79.9. The lowest BCUT2D eigenvalue weighted by molar-refractivity contribution is -0.143. The van der Waals surface area contributed by atoms with Crippen molar-refractivity contribution in [2.45, 2.75) is 62.9 Å². The van der Waals surface area contributed by atoms with Gasteiger partial charge in [-0.3, -0.25) is 4.79 Å². The van der Waals surface area contributed by atoms with Gasteiger partial charge in [0, 0.05) is 0 Å². The quantitative estimate of drug-likeness (QED) is 0.803. The number of carboxylic acid groups (broad SMARTS) is 1. The first-order chi connectivity index (χ1) is 11.1. The fourth-order valence-corrected chi connectivity index (χ4v) is 4.52. The summed E-state index contributed by atoms with van der Waals surface area (Å²) in [6.07, 6.45) is 7.96. The Hall–Kier alpha value is -1.23. The molecule has 2 aliphatic carbocycles. The molecule has 1 aromatic rings. The van der Waals surface area contributed by atoms with Crippen molar-refractivity contribution >= 4 is 21.9 Å². The Morgan fingerprint density at radius 2 is 1.87 bits per heavy atom. The van der Waals surface area contributed by atoms with Crippen LogP contribution in [0.5, 0.6) is 11.5 Å². The number of methoxy groups -OCH3 is 1. The summed E-state index contributed by atoms with van der Waals surface area (Å²) in [5, 5.41) is 9.82. The van der Waals surface area contributed by atoms with Gasteiger partial charge in [-0.25, -0.2) is 0 Å². The fraction of sp³-hybridized carbons (Fsp3) is 0.611. The molecule has 23 heavy (non-hydrogen) atoms. The number of aliphatic carboxylic acids is 1. The summed E-state index contributed by atoms with van der Waals surface area (Å²) in [7, 11) is 1.61. The Morgan fingerprint density at radius 3 is 2.43 bits per heavy atom. The van der Waals surface area contributed by atoms with E-state index in [0.29, 0.717) is 24.3 Å².